The second-order valence-corrected chi connectivity index (χ2v) is 8.08. The van der Waals surface area contributed by atoms with Gasteiger partial charge in [-0.05, 0) is 20.8 Å². The van der Waals surface area contributed by atoms with E-state index in [9.17, 15) is 31.1 Å². The minimum Gasteiger partial charge on any atom is -0.444 e. The first-order chi connectivity index (χ1) is 15.2. The molecule has 3 aromatic heterocycles. The van der Waals surface area contributed by atoms with Crippen molar-refractivity contribution >= 4 is 11.6 Å². The highest BCUT2D eigenvalue weighted by atomic mass is 19.4. The zero-order chi connectivity index (χ0) is 24.6. The van der Waals surface area contributed by atoms with Crippen LogP contribution >= 0.6 is 0 Å². The summed E-state index contributed by atoms with van der Waals surface area (Å²) < 4.78 is 82.1. The monoisotopic (exact) mass is 478 g/mol. The van der Waals surface area contributed by atoms with Crippen molar-refractivity contribution in [1.82, 2.24) is 28.8 Å². The molecule has 0 atom stereocenters. The van der Waals surface area contributed by atoms with Crippen LogP contribution in [0.25, 0.3) is 5.52 Å². The van der Waals surface area contributed by atoms with Crippen LogP contribution in [0.2, 0.25) is 0 Å². The third-order valence-corrected chi connectivity index (χ3v) is 4.38. The van der Waals surface area contributed by atoms with Gasteiger partial charge in [-0.15, -0.1) is 0 Å². The van der Waals surface area contributed by atoms with Crippen LogP contribution in [0, 0.1) is 0 Å². The van der Waals surface area contributed by atoms with Gasteiger partial charge in [0.1, 0.15) is 5.60 Å². The van der Waals surface area contributed by atoms with Gasteiger partial charge in [-0.2, -0.15) is 26.3 Å². The zero-order valence-electron chi connectivity index (χ0n) is 17.8. The maximum absolute atomic E-state index is 12.7. The fraction of sp³-hybridized carbons (Fsp3) is 0.474. The molecule has 0 unspecified atom stereocenters. The molecule has 4 rings (SSSR count). The van der Waals surface area contributed by atoms with Crippen molar-refractivity contribution in [1.29, 1.82) is 0 Å². The summed E-state index contributed by atoms with van der Waals surface area (Å²) in [5.74, 6) is -1.85. The standard InChI is InChI=1S/C12H16F3N3O2.C7H4F3N3/c1-11(2,3)20-10(19)17-4-5-18-8(7-17)6-16-9(18)12(13,14)15;8-7(9,10)6-12-4-5-3-11-1-2-13(5)6/h6H,4-5,7H2,1-3H3;1-4H. The number of carbonyl (C=O) groups is 1. The summed E-state index contributed by atoms with van der Waals surface area (Å²) in [7, 11) is 0. The van der Waals surface area contributed by atoms with E-state index in [1.54, 1.807) is 20.8 Å². The molecule has 1 aliphatic heterocycles. The number of aromatic nitrogens is 5. The van der Waals surface area contributed by atoms with Gasteiger partial charge < -0.3 is 14.2 Å². The van der Waals surface area contributed by atoms with E-state index in [-0.39, 0.29) is 19.6 Å². The molecule has 8 nitrogen and oxygen atoms in total. The normalized spacial score (nSPS) is 14.5. The Balaban J connectivity index is 0.000000203. The Bertz CT molecular complexity index is 1130. The van der Waals surface area contributed by atoms with Gasteiger partial charge in [0.25, 0.3) is 0 Å². The van der Waals surface area contributed by atoms with Crippen LogP contribution in [0.5, 0.6) is 0 Å². The number of imidazole rings is 2. The minimum atomic E-state index is -4.48. The molecule has 3 aromatic rings. The molecule has 0 aromatic carbocycles. The number of halogens is 6. The molecule has 0 spiro atoms. The first kappa shape index (κ1) is 24.3. The lowest BCUT2D eigenvalue weighted by Gasteiger charge is -2.31. The lowest BCUT2D eigenvalue weighted by molar-refractivity contribution is -0.147. The summed E-state index contributed by atoms with van der Waals surface area (Å²) in [6, 6.07) is 0. The van der Waals surface area contributed by atoms with E-state index < -0.39 is 35.7 Å². The number of ether oxygens (including phenoxy) is 1. The van der Waals surface area contributed by atoms with Gasteiger partial charge >= 0.3 is 18.4 Å². The summed E-state index contributed by atoms with van der Waals surface area (Å²) in [6.07, 6.45) is -3.31. The van der Waals surface area contributed by atoms with Crippen LogP contribution in [0.15, 0.2) is 31.0 Å². The Labute approximate surface area is 183 Å². The van der Waals surface area contributed by atoms with Gasteiger partial charge in [-0.25, -0.2) is 14.8 Å². The molecule has 1 aliphatic rings. The Morgan fingerprint density at radius 1 is 0.939 bits per heavy atom. The number of nitrogens with zero attached hydrogens (tertiary/aromatic N) is 6. The molecule has 14 heteroatoms. The highest BCUT2D eigenvalue weighted by molar-refractivity contribution is 5.68. The van der Waals surface area contributed by atoms with Crippen molar-refractivity contribution in [2.75, 3.05) is 6.54 Å². The van der Waals surface area contributed by atoms with Crippen molar-refractivity contribution in [3.63, 3.8) is 0 Å². The molecule has 0 bridgehead atoms. The van der Waals surface area contributed by atoms with Crippen LogP contribution in [0.1, 0.15) is 38.1 Å². The van der Waals surface area contributed by atoms with Gasteiger partial charge in [-0.3, -0.25) is 9.38 Å². The van der Waals surface area contributed by atoms with E-state index in [2.05, 4.69) is 15.0 Å². The van der Waals surface area contributed by atoms with Crippen LogP contribution in [0.4, 0.5) is 31.1 Å². The minimum absolute atomic E-state index is 0.0589. The van der Waals surface area contributed by atoms with Gasteiger partial charge in [0, 0.05) is 25.5 Å². The molecule has 33 heavy (non-hydrogen) atoms. The lowest BCUT2D eigenvalue weighted by Crippen LogP contribution is -2.41. The van der Waals surface area contributed by atoms with E-state index in [1.807, 2.05) is 0 Å². The number of amides is 1. The number of hydrogen-bond acceptors (Lipinski definition) is 5. The largest absolute Gasteiger partial charge is 0.450 e. The highest BCUT2D eigenvalue weighted by Gasteiger charge is 2.39. The number of alkyl halides is 6. The number of hydrogen-bond donors (Lipinski definition) is 0. The van der Waals surface area contributed by atoms with Gasteiger partial charge in [0.05, 0.1) is 36.3 Å². The fourth-order valence-electron chi connectivity index (χ4n) is 3.05. The topological polar surface area (TPSA) is 77.5 Å². The fourth-order valence-corrected chi connectivity index (χ4v) is 3.05. The van der Waals surface area contributed by atoms with Crippen molar-refractivity contribution < 1.29 is 35.9 Å². The van der Waals surface area contributed by atoms with E-state index in [0.29, 0.717) is 11.2 Å². The third kappa shape index (κ3) is 5.73. The first-order valence-corrected chi connectivity index (χ1v) is 9.60. The Morgan fingerprint density at radius 3 is 2.18 bits per heavy atom. The molecule has 0 N–H and O–H groups in total. The van der Waals surface area contributed by atoms with Crippen molar-refractivity contribution in [2.24, 2.45) is 0 Å². The van der Waals surface area contributed by atoms with E-state index in [4.69, 9.17) is 4.74 Å². The Hall–Kier alpha value is -3.32. The maximum Gasteiger partial charge on any atom is 0.450 e. The van der Waals surface area contributed by atoms with Crippen LogP contribution < -0.4 is 0 Å². The molecule has 180 valence electrons. The highest BCUT2D eigenvalue weighted by Crippen LogP contribution is 2.31. The Kier molecular flexibility index (Phi) is 6.31. The molecule has 0 radical (unpaired) electrons. The van der Waals surface area contributed by atoms with E-state index in [1.165, 1.54) is 23.5 Å². The zero-order valence-corrected chi connectivity index (χ0v) is 17.8. The van der Waals surface area contributed by atoms with Crippen molar-refractivity contribution in [2.45, 2.75) is 51.8 Å². The van der Waals surface area contributed by atoms with Crippen LogP contribution in [-0.4, -0.2) is 47.1 Å². The second kappa shape index (κ2) is 8.56. The van der Waals surface area contributed by atoms with E-state index in [0.717, 1.165) is 21.4 Å². The predicted molar refractivity (Wildman–Crippen MR) is 102 cm³/mol. The SMILES string of the molecule is CC(C)(C)OC(=O)N1CCn2c(cnc2C(F)(F)F)C1.FC(F)(F)c1ncc2cnccn12. The molecule has 0 saturated carbocycles. The molecule has 0 fully saturated rings. The summed E-state index contributed by atoms with van der Waals surface area (Å²) in [6.45, 7) is 5.51. The summed E-state index contributed by atoms with van der Waals surface area (Å²) in [5.41, 5.74) is 0.0515. The average molecular weight is 478 g/mol. The summed E-state index contributed by atoms with van der Waals surface area (Å²) in [5, 5.41) is 0. The number of rotatable bonds is 0. The molecular weight excluding hydrogens is 458 g/mol. The average Bonchev–Trinajstić information content (AvgIpc) is 3.30. The van der Waals surface area contributed by atoms with Crippen molar-refractivity contribution in [3.8, 4) is 0 Å². The van der Waals surface area contributed by atoms with E-state index >= 15 is 0 Å². The smallest absolute Gasteiger partial charge is 0.444 e. The lowest BCUT2D eigenvalue weighted by atomic mass is 10.2. The van der Waals surface area contributed by atoms with Crippen LogP contribution in [0.3, 0.4) is 0 Å². The van der Waals surface area contributed by atoms with Crippen LogP contribution in [-0.2, 0) is 30.2 Å². The summed E-state index contributed by atoms with van der Waals surface area (Å²) in [4.78, 5) is 23.6. The van der Waals surface area contributed by atoms with Gasteiger partial charge in [-0.1, -0.05) is 0 Å². The van der Waals surface area contributed by atoms with Gasteiger partial charge in [0.15, 0.2) is 0 Å². The maximum atomic E-state index is 12.7. The van der Waals surface area contributed by atoms with Gasteiger partial charge in [0.2, 0.25) is 11.6 Å². The van der Waals surface area contributed by atoms with Crippen molar-refractivity contribution in [3.05, 3.63) is 48.3 Å². The number of fused-ring (bicyclic) bond motifs is 2. The molecule has 0 aliphatic carbocycles. The Morgan fingerprint density at radius 2 is 1.58 bits per heavy atom. The molecule has 0 saturated heterocycles. The number of carbonyl (C=O) groups excluding carboxylic acids is 1. The third-order valence-electron chi connectivity index (χ3n) is 4.38. The first-order valence-electron chi connectivity index (χ1n) is 9.60. The predicted octanol–water partition coefficient (Wildman–Crippen LogP) is 4.40. The quantitative estimate of drug-likeness (QED) is 0.448. The summed E-state index contributed by atoms with van der Waals surface area (Å²) >= 11 is 0. The molecular formula is C19H20F6N6O2. The molecule has 1 amide bonds. The second-order valence-electron chi connectivity index (χ2n) is 8.08. The molecule has 4 heterocycles.